The first-order valence-corrected chi connectivity index (χ1v) is 7.23. The van der Waals surface area contributed by atoms with Crippen LogP contribution in [0.3, 0.4) is 0 Å². The second-order valence-electron chi connectivity index (χ2n) is 4.57. The van der Waals surface area contributed by atoms with E-state index in [4.69, 9.17) is 11.6 Å². The third kappa shape index (κ3) is 3.33. The van der Waals surface area contributed by atoms with Crippen molar-refractivity contribution in [1.29, 1.82) is 0 Å². The van der Waals surface area contributed by atoms with Gasteiger partial charge in [0, 0.05) is 6.42 Å². The van der Waals surface area contributed by atoms with Crippen molar-refractivity contribution in [2.45, 2.75) is 44.9 Å². The zero-order valence-electron chi connectivity index (χ0n) is 9.38. The number of hydrogen-bond acceptors (Lipinski definition) is 2. The molecule has 2 rings (SSSR count). The molecule has 1 aliphatic rings. The summed E-state index contributed by atoms with van der Waals surface area (Å²) in [4.78, 5) is 12.7. The molecule has 16 heavy (non-hydrogen) atoms. The molecule has 0 spiro atoms. The van der Waals surface area contributed by atoms with E-state index in [0.29, 0.717) is 10.8 Å². The Kier molecular flexibility index (Phi) is 4.42. The minimum atomic E-state index is 0.266. The summed E-state index contributed by atoms with van der Waals surface area (Å²) in [6.45, 7) is 0. The predicted molar refractivity (Wildman–Crippen MR) is 69.5 cm³/mol. The third-order valence-corrected chi connectivity index (χ3v) is 4.62. The fraction of sp³-hybridized carbons (Fsp3) is 0.615. The van der Waals surface area contributed by atoms with E-state index in [9.17, 15) is 4.79 Å². The molecular weight excluding hydrogens is 240 g/mol. The van der Waals surface area contributed by atoms with Crippen LogP contribution in [0, 0.1) is 5.92 Å². The van der Waals surface area contributed by atoms with Crippen LogP contribution in [-0.2, 0) is 0 Å². The Labute approximate surface area is 106 Å². The molecule has 0 amide bonds. The Morgan fingerprint density at radius 3 is 2.69 bits per heavy atom. The molecule has 1 aromatic heterocycles. The van der Waals surface area contributed by atoms with Crippen LogP contribution in [0.1, 0.15) is 54.6 Å². The topological polar surface area (TPSA) is 17.1 Å². The van der Waals surface area contributed by atoms with Gasteiger partial charge in [-0.25, -0.2) is 0 Å². The lowest BCUT2D eigenvalue weighted by Crippen LogP contribution is -2.08. The number of ketones is 1. The van der Waals surface area contributed by atoms with Crippen LogP contribution in [0.4, 0.5) is 0 Å². The van der Waals surface area contributed by atoms with Gasteiger partial charge in [0.15, 0.2) is 5.78 Å². The minimum Gasteiger partial charge on any atom is -0.293 e. The Hall–Kier alpha value is -0.340. The van der Waals surface area contributed by atoms with Crippen molar-refractivity contribution in [3.8, 4) is 0 Å². The highest BCUT2D eigenvalue weighted by atomic mass is 35.5. The maximum Gasteiger partial charge on any atom is 0.172 e. The number of thiophene rings is 1. The molecule has 1 saturated carbocycles. The van der Waals surface area contributed by atoms with Gasteiger partial charge in [-0.1, -0.05) is 43.7 Å². The number of rotatable bonds is 4. The average molecular weight is 257 g/mol. The van der Waals surface area contributed by atoms with Crippen LogP contribution in [0.5, 0.6) is 0 Å². The molecule has 0 saturated heterocycles. The maximum absolute atomic E-state index is 11.9. The van der Waals surface area contributed by atoms with Gasteiger partial charge in [0.1, 0.15) is 0 Å². The molecule has 0 N–H and O–H groups in total. The molecule has 0 bridgehead atoms. The van der Waals surface area contributed by atoms with E-state index in [1.807, 2.05) is 6.07 Å². The van der Waals surface area contributed by atoms with E-state index < -0.39 is 0 Å². The van der Waals surface area contributed by atoms with Crippen molar-refractivity contribution in [2.24, 2.45) is 5.92 Å². The highest BCUT2D eigenvalue weighted by Crippen LogP contribution is 2.29. The second kappa shape index (κ2) is 5.83. The molecule has 88 valence electrons. The van der Waals surface area contributed by atoms with Crippen molar-refractivity contribution >= 4 is 28.7 Å². The van der Waals surface area contributed by atoms with E-state index in [2.05, 4.69) is 0 Å². The molecule has 0 aromatic carbocycles. The fourth-order valence-corrected chi connectivity index (χ4v) is 3.41. The summed E-state index contributed by atoms with van der Waals surface area (Å²) in [7, 11) is 0. The Bertz CT molecular complexity index is 353. The van der Waals surface area contributed by atoms with Crippen molar-refractivity contribution in [3.63, 3.8) is 0 Å². The van der Waals surface area contributed by atoms with Gasteiger partial charge in [-0.15, -0.1) is 11.3 Å². The van der Waals surface area contributed by atoms with E-state index in [1.165, 1.54) is 43.4 Å². The number of hydrogen-bond donors (Lipinski definition) is 0. The zero-order valence-corrected chi connectivity index (χ0v) is 10.9. The Morgan fingerprint density at radius 1 is 1.31 bits per heavy atom. The summed E-state index contributed by atoms with van der Waals surface area (Å²) in [5.74, 6) is 1.05. The van der Waals surface area contributed by atoms with Crippen LogP contribution >= 0.6 is 22.9 Å². The second-order valence-corrected chi connectivity index (χ2v) is 6.28. The monoisotopic (exact) mass is 256 g/mol. The Balaban J connectivity index is 1.79. The number of carbonyl (C=O) groups is 1. The molecule has 0 atom stereocenters. The van der Waals surface area contributed by atoms with Crippen LogP contribution in [-0.4, -0.2) is 5.78 Å². The molecular formula is C13H17ClOS. The SMILES string of the molecule is O=C(CCC1CCCCC1)c1ccc(Cl)s1. The molecule has 1 nitrogen and oxygen atoms in total. The number of halogens is 1. The van der Waals surface area contributed by atoms with Crippen molar-refractivity contribution in [1.82, 2.24) is 0 Å². The van der Waals surface area contributed by atoms with Gasteiger partial charge in [0.25, 0.3) is 0 Å². The fourth-order valence-electron chi connectivity index (χ4n) is 2.40. The summed E-state index contributed by atoms with van der Waals surface area (Å²) in [6, 6.07) is 3.65. The van der Waals surface area contributed by atoms with E-state index in [1.54, 1.807) is 6.07 Å². The van der Waals surface area contributed by atoms with Crippen LogP contribution in [0.15, 0.2) is 12.1 Å². The van der Waals surface area contributed by atoms with Crippen molar-refractivity contribution in [2.75, 3.05) is 0 Å². The summed E-state index contributed by atoms with van der Waals surface area (Å²) in [5, 5.41) is 0. The highest BCUT2D eigenvalue weighted by molar-refractivity contribution is 7.18. The van der Waals surface area contributed by atoms with Gasteiger partial charge in [-0.2, -0.15) is 0 Å². The molecule has 1 aliphatic carbocycles. The first kappa shape index (κ1) is 12.1. The summed E-state index contributed by atoms with van der Waals surface area (Å²) >= 11 is 7.22. The minimum absolute atomic E-state index is 0.266. The number of carbonyl (C=O) groups excluding carboxylic acids is 1. The van der Waals surface area contributed by atoms with Gasteiger partial charge in [-0.05, 0) is 24.5 Å². The average Bonchev–Trinajstić information content (AvgIpc) is 2.74. The van der Waals surface area contributed by atoms with E-state index >= 15 is 0 Å². The van der Waals surface area contributed by atoms with Crippen molar-refractivity contribution < 1.29 is 4.79 Å². The van der Waals surface area contributed by atoms with Crippen molar-refractivity contribution in [3.05, 3.63) is 21.3 Å². The molecule has 0 unspecified atom stereocenters. The van der Waals surface area contributed by atoms with Gasteiger partial charge in [0.2, 0.25) is 0 Å². The standard InChI is InChI=1S/C13H17ClOS/c14-13-9-8-12(16-13)11(15)7-6-10-4-2-1-3-5-10/h8-10H,1-7H2. The maximum atomic E-state index is 11.9. The first-order valence-electron chi connectivity index (χ1n) is 6.04. The lowest BCUT2D eigenvalue weighted by atomic mass is 9.85. The lowest BCUT2D eigenvalue weighted by Gasteiger charge is -2.20. The molecule has 0 radical (unpaired) electrons. The molecule has 0 aliphatic heterocycles. The first-order chi connectivity index (χ1) is 7.75. The largest absolute Gasteiger partial charge is 0.293 e. The van der Waals surface area contributed by atoms with Crippen LogP contribution in [0.2, 0.25) is 4.34 Å². The van der Waals surface area contributed by atoms with Gasteiger partial charge in [-0.3, -0.25) is 4.79 Å². The molecule has 1 fully saturated rings. The van der Waals surface area contributed by atoms with Crippen LogP contribution in [0.25, 0.3) is 0 Å². The lowest BCUT2D eigenvalue weighted by molar-refractivity contribution is 0.0974. The molecule has 1 aromatic rings. The quantitative estimate of drug-likeness (QED) is 0.697. The van der Waals surface area contributed by atoms with E-state index in [0.717, 1.165) is 17.2 Å². The highest BCUT2D eigenvalue weighted by Gasteiger charge is 2.16. The summed E-state index contributed by atoms with van der Waals surface area (Å²) < 4.78 is 0.709. The van der Waals surface area contributed by atoms with Gasteiger partial charge < -0.3 is 0 Å². The van der Waals surface area contributed by atoms with Gasteiger partial charge in [0.05, 0.1) is 9.21 Å². The summed E-state index contributed by atoms with van der Waals surface area (Å²) in [6.07, 6.45) is 8.48. The van der Waals surface area contributed by atoms with Gasteiger partial charge >= 0.3 is 0 Å². The van der Waals surface area contributed by atoms with Crippen LogP contribution < -0.4 is 0 Å². The summed E-state index contributed by atoms with van der Waals surface area (Å²) in [5.41, 5.74) is 0. The normalized spacial score (nSPS) is 17.6. The van der Waals surface area contributed by atoms with E-state index in [-0.39, 0.29) is 5.78 Å². The Morgan fingerprint density at radius 2 is 2.06 bits per heavy atom. The molecule has 3 heteroatoms. The molecule has 1 heterocycles. The predicted octanol–water partition coefficient (Wildman–Crippen LogP) is 4.94. The number of Topliss-reactive ketones (excluding diaryl/α,β-unsaturated/α-hetero) is 1. The zero-order chi connectivity index (χ0) is 11.4. The third-order valence-electron chi connectivity index (χ3n) is 3.35. The smallest absolute Gasteiger partial charge is 0.172 e.